The van der Waals surface area contributed by atoms with Gasteiger partial charge in [-0.3, -0.25) is 9.20 Å². The Morgan fingerprint density at radius 3 is 2.48 bits per heavy atom. The molecule has 0 aliphatic rings. The summed E-state index contributed by atoms with van der Waals surface area (Å²) in [5.74, 6) is 1.46. The highest BCUT2D eigenvalue weighted by molar-refractivity contribution is 7.17. The maximum absolute atomic E-state index is 11.9. The molecule has 0 bridgehead atoms. The molecule has 0 aliphatic carbocycles. The molecule has 1 aromatic carbocycles. The number of ether oxygens (including phenoxy) is 2. The van der Waals surface area contributed by atoms with E-state index in [-0.39, 0.29) is 5.41 Å². The molecule has 0 amide bonds. The smallest absolute Gasteiger partial charge is 0.195 e. The lowest BCUT2D eigenvalue weighted by Crippen LogP contribution is -2.15. The highest BCUT2D eigenvalue weighted by Crippen LogP contribution is 2.40. The summed E-state index contributed by atoms with van der Waals surface area (Å²) in [6, 6.07) is 5.66. The Labute approximate surface area is 151 Å². The SMILES string of the molecule is COc1ccc(OC)c(-c2c(C)sc3nc(C(C)(C)C)c(C=O)n23)c1. The van der Waals surface area contributed by atoms with Gasteiger partial charge in [-0.05, 0) is 25.1 Å². The Hall–Kier alpha value is -2.34. The van der Waals surface area contributed by atoms with Crippen LogP contribution < -0.4 is 9.47 Å². The van der Waals surface area contributed by atoms with Gasteiger partial charge in [0.15, 0.2) is 11.2 Å². The lowest BCUT2D eigenvalue weighted by atomic mass is 9.91. The van der Waals surface area contributed by atoms with Crippen molar-refractivity contribution >= 4 is 22.6 Å². The summed E-state index contributed by atoms with van der Waals surface area (Å²) in [4.78, 5) is 18.5. The average molecular weight is 358 g/mol. The van der Waals surface area contributed by atoms with Crippen LogP contribution in [0.4, 0.5) is 0 Å². The van der Waals surface area contributed by atoms with Gasteiger partial charge in [0, 0.05) is 15.9 Å². The van der Waals surface area contributed by atoms with Crippen molar-refractivity contribution in [1.82, 2.24) is 9.38 Å². The second-order valence-electron chi connectivity index (χ2n) is 6.90. The van der Waals surface area contributed by atoms with Gasteiger partial charge >= 0.3 is 0 Å². The van der Waals surface area contributed by atoms with Crippen LogP contribution in [0, 0.1) is 6.92 Å². The summed E-state index contributed by atoms with van der Waals surface area (Å²) < 4.78 is 12.9. The first-order valence-corrected chi connectivity index (χ1v) is 8.83. The standard InChI is InChI=1S/C19H22N2O3S/c1-11-16(13-9-12(23-5)7-8-15(13)24-6)21-14(10-22)17(19(2,3)4)20-18(21)25-11/h7-10H,1-6H3. The number of aromatic nitrogens is 2. The van der Waals surface area contributed by atoms with Crippen molar-refractivity contribution in [3.05, 3.63) is 34.5 Å². The Morgan fingerprint density at radius 1 is 1.20 bits per heavy atom. The van der Waals surface area contributed by atoms with Gasteiger partial charge in [0.25, 0.3) is 0 Å². The average Bonchev–Trinajstić information content (AvgIpc) is 3.08. The number of methoxy groups -OCH3 is 2. The van der Waals surface area contributed by atoms with Crippen LogP contribution in [0.1, 0.15) is 41.8 Å². The minimum atomic E-state index is -0.217. The van der Waals surface area contributed by atoms with Crippen LogP contribution in [0.25, 0.3) is 16.2 Å². The number of benzene rings is 1. The van der Waals surface area contributed by atoms with E-state index in [4.69, 9.17) is 14.5 Å². The van der Waals surface area contributed by atoms with Gasteiger partial charge < -0.3 is 9.47 Å². The molecule has 0 spiro atoms. The largest absolute Gasteiger partial charge is 0.497 e. The Kier molecular flexibility index (Phi) is 4.33. The van der Waals surface area contributed by atoms with Gasteiger partial charge in [-0.2, -0.15) is 0 Å². The zero-order valence-corrected chi connectivity index (χ0v) is 16.2. The first kappa shape index (κ1) is 17.5. The lowest BCUT2D eigenvalue weighted by molar-refractivity contribution is 0.111. The number of hydrogen-bond acceptors (Lipinski definition) is 5. The van der Waals surface area contributed by atoms with Gasteiger partial charge in [-0.25, -0.2) is 4.98 Å². The molecule has 6 heteroatoms. The third kappa shape index (κ3) is 2.80. The molecule has 0 atom stereocenters. The van der Waals surface area contributed by atoms with E-state index >= 15 is 0 Å². The van der Waals surface area contributed by atoms with E-state index < -0.39 is 0 Å². The number of nitrogens with zero attached hydrogens (tertiary/aromatic N) is 2. The number of aryl methyl sites for hydroxylation is 1. The maximum Gasteiger partial charge on any atom is 0.195 e. The predicted molar refractivity (Wildman–Crippen MR) is 100 cm³/mol. The van der Waals surface area contributed by atoms with Gasteiger partial charge in [0.2, 0.25) is 0 Å². The van der Waals surface area contributed by atoms with Crippen molar-refractivity contribution in [2.24, 2.45) is 0 Å². The molecule has 25 heavy (non-hydrogen) atoms. The van der Waals surface area contributed by atoms with E-state index in [9.17, 15) is 4.79 Å². The number of rotatable bonds is 4. The molecule has 0 saturated heterocycles. The van der Waals surface area contributed by atoms with E-state index in [2.05, 4.69) is 20.8 Å². The zero-order chi connectivity index (χ0) is 18.4. The third-order valence-electron chi connectivity index (χ3n) is 4.17. The normalized spacial score (nSPS) is 11.8. The topological polar surface area (TPSA) is 52.8 Å². The second kappa shape index (κ2) is 6.19. The Bertz CT molecular complexity index is 948. The molecule has 2 aromatic heterocycles. The van der Waals surface area contributed by atoms with Crippen molar-refractivity contribution < 1.29 is 14.3 Å². The molecule has 132 valence electrons. The summed E-state index contributed by atoms with van der Waals surface area (Å²) in [7, 11) is 3.27. The van der Waals surface area contributed by atoms with Crippen LogP contribution in [-0.2, 0) is 5.41 Å². The van der Waals surface area contributed by atoms with Crippen LogP contribution >= 0.6 is 11.3 Å². The number of carbonyl (C=O) groups is 1. The Morgan fingerprint density at radius 2 is 1.92 bits per heavy atom. The van der Waals surface area contributed by atoms with Crippen LogP contribution in [0.15, 0.2) is 18.2 Å². The number of aldehydes is 1. The maximum atomic E-state index is 11.9. The third-order valence-corrected chi connectivity index (χ3v) is 5.12. The number of imidazole rings is 1. The quantitative estimate of drug-likeness (QED) is 0.645. The predicted octanol–water partition coefficient (Wildman–Crippen LogP) is 4.50. The molecule has 0 fully saturated rings. The van der Waals surface area contributed by atoms with Crippen LogP contribution in [0.5, 0.6) is 11.5 Å². The van der Waals surface area contributed by atoms with E-state index in [0.29, 0.717) is 5.69 Å². The number of fused-ring (bicyclic) bond motifs is 1. The fraction of sp³-hybridized carbons (Fsp3) is 0.368. The minimum Gasteiger partial charge on any atom is -0.497 e. The van der Waals surface area contributed by atoms with Gasteiger partial charge in [-0.15, -0.1) is 11.3 Å². The summed E-state index contributed by atoms with van der Waals surface area (Å²) >= 11 is 1.57. The van der Waals surface area contributed by atoms with Crippen LogP contribution in [0.2, 0.25) is 0 Å². The van der Waals surface area contributed by atoms with Crippen molar-refractivity contribution in [1.29, 1.82) is 0 Å². The summed E-state index contributed by atoms with van der Waals surface area (Å²) in [5.41, 5.74) is 2.97. The first-order chi connectivity index (χ1) is 11.8. The van der Waals surface area contributed by atoms with Crippen LogP contribution in [0.3, 0.4) is 0 Å². The molecule has 2 heterocycles. The van der Waals surface area contributed by atoms with Crippen molar-refractivity contribution in [2.45, 2.75) is 33.1 Å². The van der Waals surface area contributed by atoms with Crippen molar-refractivity contribution in [3.8, 4) is 22.8 Å². The summed E-state index contributed by atoms with van der Waals surface area (Å²) in [6.45, 7) is 8.21. The molecule has 0 unspecified atom stereocenters. The molecule has 0 saturated carbocycles. The van der Waals surface area contributed by atoms with Crippen molar-refractivity contribution in [2.75, 3.05) is 14.2 Å². The van der Waals surface area contributed by atoms with Gasteiger partial charge in [0.1, 0.15) is 17.2 Å². The molecule has 0 aliphatic heterocycles. The molecule has 0 N–H and O–H groups in total. The highest BCUT2D eigenvalue weighted by atomic mass is 32.1. The molecular weight excluding hydrogens is 336 g/mol. The van der Waals surface area contributed by atoms with E-state index in [0.717, 1.165) is 44.6 Å². The molecule has 3 aromatic rings. The van der Waals surface area contributed by atoms with Gasteiger partial charge in [-0.1, -0.05) is 20.8 Å². The molecular formula is C19H22N2O3S. The van der Waals surface area contributed by atoms with Gasteiger partial charge in [0.05, 0.1) is 25.6 Å². The van der Waals surface area contributed by atoms with E-state index in [1.807, 2.05) is 29.5 Å². The Balaban J connectivity index is 2.39. The number of hydrogen-bond donors (Lipinski definition) is 0. The molecule has 5 nitrogen and oxygen atoms in total. The minimum absolute atomic E-state index is 0.217. The van der Waals surface area contributed by atoms with Crippen molar-refractivity contribution in [3.63, 3.8) is 0 Å². The lowest BCUT2D eigenvalue weighted by Gasteiger charge is -2.16. The number of thiazole rings is 1. The number of carbonyl (C=O) groups excluding carboxylic acids is 1. The summed E-state index contributed by atoms with van der Waals surface area (Å²) in [6.07, 6.45) is 0.892. The first-order valence-electron chi connectivity index (χ1n) is 8.01. The van der Waals surface area contributed by atoms with E-state index in [1.165, 1.54) is 0 Å². The summed E-state index contributed by atoms with van der Waals surface area (Å²) in [5, 5.41) is 0. The van der Waals surface area contributed by atoms with Crippen LogP contribution in [-0.4, -0.2) is 29.9 Å². The fourth-order valence-electron chi connectivity index (χ4n) is 3.01. The zero-order valence-electron chi connectivity index (χ0n) is 15.3. The monoisotopic (exact) mass is 358 g/mol. The highest BCUT2D eigenvalue weighted by Gasteiger charge is 2.27. The van der Waals surface area contributed by atoms with E-state index in [1.54, 1.807) is 25.6 Å². The molecule has 0 radical (unpaired) electrons. The second-order valence-corrected chi connectivity index (χ2v) is 8.09. The molecule has 3 rings (SSSR count). The fourth-order valence-corrected chi connectivity index (χ4v) is 4.00.